The Morgan fingerprint density at radius 3 is 2.12 bits per heavy atom. The number of hydrogen-bond donors (Lipinski definition) is 0. The molecule has 0 aliphatic heterocycles. The fourth-order valence-corrected chi connectivity index (χ4v) is 2.95. The van der Waals surface area contributed by atoms with Gasteiger partial charge in [0.2, 0.25) is 0 Å². The Bertz CT molecular complexity index is 1040. The van der Waals surface area contributed by atoms with Crippen LogP contribution in [-0.4, -0.2) is 4.98 Å². The number of para-hydroxylation sites is 1. The van der Waals surface area contributed by atoms with Gasteiger partial charge in [-0.2, -0.15) is 13.2 Å². The van der Waals surface area contributed by atoms with E-state index in [1.165, 1.54) is 12.1 Å². The van der Waals surface area contributed by atoms with Crippen LogP contribution in [0, 0.1) is 0 Å². The standard InChI is InChI=1S/C20H12F3N/c21-20(22,23)14-10-11-15-16-8-4-5-9-18(16)24-19(17(15)12-14)13-6-2-1-3-7-13/h1-12H. The molecule has 24 heavy (non-hydrogen) atoms. The third kappa shape index (κ3) is 2.40. The van der Waals surface area contributed by atoms with Gasteiger partial charge in [0, 0.05) is 16.3 Å². The minimum Gasteiger partial charge on any atom is -0.247 e. The molecule has 0 unspecified atom stereocenters. The third-order valence-electron chi connectivity index (χ3n) is 4.08. The molecule has 0 atom stereocenters. The van der Waals surface area contributed by atoms with Gasteiger partial charge in [0.25, 0.3) is 0 Å². The molecule has 4 aromatic rings. The summed E-state index contributed by atoms with van der Waals surface area (Å²) >= 11 is 0. The molecule has 0 N–H and O–H groups in total. The second-order valence-corrected chi connectivity index (χ2v) is 5.60. The Morgan fingerprint density at radius 2 is 1.38 bits per heavy atom. The van der Waals surface area contributed by atoms with Gasteiger partial charge in [-0.05, 0) is 23.6 Å². The molecule has 0 saturated carbocycles. The zero-order valence-corrected chi connectivity index (χ0v) is 12.5. The zero-order chi connectivity index (χ0) is 16.7. The summed E-state index contributed by atoms with van der Waals surface area (Å²) in [6, 6.07) is 20.6. The van der Waals surface area contributed by atoms with E-state index in [-0.39, 0.29) is 0 Å². The third-order valence-corrected chi connectivity index (χ3v) is 4.08. The van der Waals surface area contributed by atoms with Crippen LogP contribution in [0.15, 0.2) is 72.8 Å². The Balaban J connectivity index is 2.14. The largest absolute Gasteiger partial charge is 0.416 e. The molecule has 0 bridgehead atoms. The topological polar surface area (TPSA) is 12.9 Å². The molecule has 0 spiro atoms. The highest BCUT2D eigenvalue weighted by molar-refractivity contribution is 6.11. The highest BCUT2D eigenvalue weighted by Gasteiger charge is 2.31. The molecule has 4 rings (SSSR count). The maximum atomic E-state index is 13.1. The lowest BCUT2D eigenvalue weighted by atomic mass is 9.98. The van der Waals surface area contributed by atoms with Crippen LogP contribution in [0.25, 0.3) is 32.9 Å². The van der Waals surface area contributed by atoms with E-state index in [4.69, 9.17) is 0 Å². The number of pyridine rings is 1. The van der Waals surface area contributed by atoms with Gasteiger partial charge in [-0.3, -0.25) is 0 Å². The summed E-state index contributed by atoms with van der Waals surface area (Å²) in [6.45, 7) is 0. The predicted octanol–water partition coefficient (Wildman–Crippen LogP) is 6.07. The predicted molar refractivity (Wildman–Crippen MR) is 89.7 cm³/mol. The summed E-state index contributed by atoms with van der Waals surface area (Å²) in [4.78, 5) is 4.63. The van der Waals surface area contributed by atoms with Crippen LogP contribution in [-0.2, 0) is 6.18 Å². The van der Waals surface area contributed by atoms with E-state index in [1.807, 2.05) is 54.6 Å². The van der Waals surface area contributed by atoms with Crippen molar-refractivity contribution in [1.82, 2.24) is 4.98 Å². The van der Waals surface area contributed by atoms with Crippen LogP contribution >= 0.6 is 0 Å². The lowest BCUT2D eigenvalue weighted by Gasteiger charge is -2.13. The molecule has 1 nitrogen and oxygen atoms in total. The quantitative estimate of drug-likeness (QED) is 0.387. The molecular weight excluding hydrogens is 311 g/mol. The highest BCUT2D eigenvalue weighted by Crippen LogP contribution is 2.37. The fourth-order valence-electron chi connectivity index (χ4n) is 2.95. The molecule has 0 fully saturated rings. The molecule has 0 aliphatic rings. The van der Waals surface area contributed by atoms with Gasteiger partial charge in [-0.1, -0.05) is 54.6 Å². The number of fused-ring (bicyclic) bond motifs is 3. The molecule has 1 heterocycles. The van der Waals surface area contributed by atoms with Crippen molar-refractivity contribution in [3.8, 4) is 11.3 Å². The first-order valence-corrected chi connectivity index (χ1v) is 7.49. The molecule has 3 aromatic carbocycles. The van der Waals surface area contributed by atoms with Gasteiger partial charge in [0.1, 0.15) is 0 Å². The first kappa shape index (κ1) is 14.7. The molecule has 0 amide bonds. The van der Waals surface area contributed by atoms with Crippen molar-refractivity contribution in [2.75, 3.05) is 0 Å². The molecule has 1 aromatic heterocycles. The van der Waals surface area contributed by atoms with Crippen LogP contribution in [0.3, 0.4) is 0 Å². The summed E-state index contributed by atoms with van der Waals surface area (Å²) in [5.41, 5.74) is 1.47. The average Bonchev–Trinajstić information content (AvgIpc) is 2.60. The molecule has 4 heteroatoms. The Kier molecular flexibility index (Phi) is 3.27. The number of rotatable bonds is 1. The Morgan fingerprint density at radius 1 is 0.667 bits per heavy atom. The number of alkyl halides is 3. The van der Waals surface area contributed by atoms with Gasteiger partial charge in [-0.15, -0.1) is 0 Å². The first-order valence-electron chi connectivity index (χ1n) is 7.49. The molecular formula is C20H12F3N. The minimum absolute atomic E-state index is 0.509. The van der Waals surface area contributed by atoms with Crippen LogP contribution < -0.4 is 0 Å². The summed E-state index contributed by atoms with van der Waals surface area (Å²) in [7, 11) is 0. The van der Waals surface area contributed by atoms with Crippen molar-refractivity contribution < 1.29 is 13.2 Å². The molecule has 118 valence electrons. The number of nitrogens with zero attached hydrogens (tertiary/aromatic N) is 1. The van der Waals surface area contributed by atoms with Gasteiger partial charge in [0.15, 0.2) is 0 Å². The number of benzene rings is 3. The first-order chi connectivity index (χ1) is 11.5. The van der Waals surface area contributed by atoms with E-state index in [2.05, 4.69) is 4.98 Å². The van der Waals surface area contributed by atoms with Crippen LogP contribution in [0.4, 0.5) is 13.2 Å². The van der Waals surface area contributed by atoms with Crippen molar-refractivity contribution in [2.45, 2.75) is 6.18 Å². The Labute approximate surface area is 136 Å². The van der Waals surface area contributed by atoms with E-state index < -0.39 is 11.7 Å². The fraction of sp³-hybridized carbons (Fsp3) is 0.0500. The SMILES string of the molecule is FC(F)(F)c1ccc2c(c1)c(-c1ccccc1)nc1ccccc12. The summed E-state index contributed by atoms with van der Waals surface area (Å²) < 4.78 is 39.4. The normalized spacial score (nSPS) is 12.0. The van der Waals surface area contributed by atoms with E-state index >= 15 is 0 Å². The lowest BCUT2D eigenvalue weighted by molar-refractivity contribution is -0.137. The highest BCUT2D eigenvalue weighted by atomic mass is 19.4. The smallest absolute Gasteiger partial charge is 0.247 e. The van der Waals surface area contributed by atoms with Crippen molar-refractivity contribution in [3.05, 3.63) is 78.4 Å². The van der Waals surface area contributed by atoms with Crippen LogP contribution in [0.1, 0.15) is 5.56 Å². The maximum absolute atomic E-state index is 13.1. The van der Waals surface area contributed by atoms with E-state index in [0.29, 0.717) is 11.1 Å². The monoisotopic (exact) mass is 323 g/mol. The van der Waals surface area contributed by atoms with Crippen LogP contribution in [0.2, 0.25) is 0 Å². The summed E-state index contributed by atoms with van der Waals surface area (Å²) in [5.74, 6) is 0. The van der Waals surface area contributed by atoms with Crippen molar-refractivity contribution in [2.24, 2.45) is 0 Å². The van der Waals surface area contributed by atoms with E-state index in [9.17, 15) is 13.2 Å². The molecule has 0 aliphatic carbocycles. The molecule has 0 radical (unpaired) electrons. The van der Waals surface area contributed by atoms with Crippen LogP contribution in [0.5, 0.6) is 0 Å². The van der Waals surface area contributed by atoms with E-state index in [1.54, 1.807) is 0 Å². The van der Waals surface area contributed by atoms with Gasteiger partial charge in [0.05, 0.1) is 16.8 Å². The minimum atomic E-state index is -4.38. The van der Waals surface area contributed by atoms with Gasteiger partial charge in [-0.25, -0.2) is 4.98 Å². The van der Waals surface area contributed by atoms with Gasteiger partial charge < -0.3 is 0 Å². The van der Waals surface area contributed by atoms with Crippen molar-refractivity contribution in [1.29, 1.82) is 0 Å². The molecule has 0 saturated heterocycles. The number of halogens is 3. The second-order valence-electron chi connectivity index (χ2n) is 5.60. The maximum Gasteiger partial charge on any atom is 0.416 e. The Hall–Kier alpha value is -2.88. The van der Waals surface area contributed by atoms with E-state index in [0.717, 1.165) is 27.9 Å². The number of aromatic nitrogens is 1. The summed E-state index contributed by atoms with van der Waals surface area (Å²) in [6.07, 6.45) is -4.38. The zero-order valence-electron chi connectivity index (χ0n) is 12.5. The summed E-state index contributed by atoms with van der Waals surface area (Å²) in [5, 5.41) is 2.13. The van der Waals surface area contributed by atoms with Crippen molar-refractivity contribution >= 4 is 21.7 Å². The number of hydrogen-bond acceptors (Lipinski definition) is 1. The lowest BCUT2D eigenvalue weighted by Crippen LogP contribution is -2.04. The second kappa shape index (κ2) is 5.34. The van der Waals surface area contributed by atoms with Gasteiger partial charge >= 0.3 is 6.18 Å². The van der Waals surface area contributed by atoms with Crippen molar-refractivity contribution in [3.63, 3.8) is 0 Å². The average molecular weight is 323 g/mol.